The zero-order valence-electron chi connectivity index (χ0n) is 16.8. The van der Waals surface area contributed by atoms with E-state index in [1.807, 2.05) is 0 Å². The summed E-state index contributed by atoms with van der Waals surface area (Å²) in [6, 6.07) is 4.24. The Balaban J connectivity index is 1.53. The molecule has 1 aliphatic heterocycles. The van der Waals surface area contributed by atoms with Crippen molar-refractivity contribution >= 4 is 29.1 Å². The molecule has 3 N–H and O–H groups in total. The van der Waals surface area contributed by atoms with Crippen LogP contribution in [0.3, 0.4) is 0 Å². The molecule has 2 aliphatic rings. The van der Waals surface area contributed by atoms with E-state index in [1.54, 1.807) is 10.6 Å². The maximum atomic E-state index is 13.5. The van der Waals surface area contributed by atoms with Crippen LogP contribution >= 0.6 is 11.8 Å². The molecule has 11 heteroatoms. The van der Waals surface area contributed by atoms with Gasteiger partial charge in [0.15, 0.2) is 5.82 Å². The van der Waals surface area contributed by atoms with Crippen LogP contribution in [0.4, 0.5) is 19.0 Å². The van der Waals surface area contributed by atoms with Crippen LogP contribution in [0.5, 0.6) is 0 Å². The summed E-state index contributed by atoms with van der Waals surface area (Å²) in [6.07, 6.45) is -0.313. The average molecular weight is 463 g/mol. The number of nitrogens with zero attached hydrogens (tertiary/aromatic N) is 4. The van der Waals surface area contributed by atoms with E-state index < -0.39 is 17.7 Å². The number of benzene rings is 1. The Bertz CT molecular complexity index is 1200. The Hall–Kier alpha value is -2.82. The van der Waals surface area contributed by atoms with E-state index >= 15 is 0 Å². The first-order valence-electron chi connectivity index (χ1n) is 10.3. The molecule has 3 heterocycles. The van der Waals surface area contributed by atoms with Crippen molar-refractivity contribution in [1.82, 2.24) is 19.6 Å². The summed E-state index contributed by atoms with van der Waals surface area (Å²) in [5.41, 5.74) is 7.24. The maximum Gasteiger partial charge on any atom is 0.417 e. The highest BCUT2D eigenvalue weighted by atomic mass is 32.2. The monoisotopic (exact) mass is 463 g/mol. The third-order valence-electron chi connectivity index (χ3n) is 6.33. The molecule has 168 valence electrons. The normalized spacial score (nSPS) is 23.4. The molecule has 1 aliphatic carbocycles. The van der Waals surface area contributed by atoms with Gasteiger partial charge in [-0.3, -0.25) is 4.79 Å². The lowest BCUT2D eigenvalue weighted by molar-refractivity contribution is -0.143. The molecule has 3 aromatic rings. The smallest absolute Gasteiger partial charge is 0.417 e. The van der Waals surface area contributed by atoms with Gasteiger partial charge in [-0.15, -0.1) is 11.8 Å². The van der Waals surface area contributed by atoms with Gasteiger partial charge < -0.3 is 10.8 Å². The van der Waals surface area contributed by atoms with Crippen molar-refractivity contribution in [3.8, 4) is 0 Å². The highest BCUT2D eigenvalue weighted by molar-refractivity contribution is 8.00. The van der Waals surface area contributed by atoms with Crippen LogP contribution in [0.15, 0.2) is 29.4 Å². The molecule has 0 spiro atoms. The molecular formula is C21H20F3N5O2S. The van der Waals surface area contributed by atoms with Crippen molar-refractivity contribution in [3.63, 3.8) is 0 Å². The van der Waals surface area contributed by atoms with Gasteiger partial charge in [0.05, 0.1) is 22.4 Å². The summed E-state index contributed by atoms with van der Waals surface area (Å²) >= 11 is 1.15. The Morgan fingerprint density at radius 3 is 2.66 bits per heavy atom. The number of hydrogen-bond donors (Lipinski definition) is 2. The van der Waals surface area contributed by atoms with Gasteiger partial charge in [0.1, 0.15) is 17.7 Å². The van der Waals surface area contributed by atoms with Crippen molar-refractivity contribution in [3.05, 3.63) is 47.2 Å². The van der Waals surface area contributed by atoms with Crippen molar-refractivity contribution < 1.29 is 23.1 Å². The highest BCUT2D eigenvalue weighted by Crippen LogP contribution is 2.52. The lowest BCUT2D eigenvalue weighted by Crippen LogP contribution is -2.21. The van der Waals surface area contributed by atoms with E-state index in [1.165, 1.54) is 12.4 Å². The SMILES string of the molecule is Nc1ncnn2c(C3CCC(C(=O)O)CC3)nc(C3Cc4cccc(C(F)(F)F)c4S3)c12. The van der Waals surface area contributed by atoms with Gasteiger partial charge >= 0.3 is 12.1 Å². The van der Waals surface area contributed by atoms with Crippen LogP contribution in [0.25, 0.3) is 5.52 Å². The fourth-order valence-electron chi connectivity index (χ4n) is 4.74. The van der Waals surface area contributed by atoms with Gasteiger partial charge in [-0.2, -0.15) is 18.3 Å². The number of nitrogens with two attached hydrogens (primary N) is 1. The summed E-state index contributed by atoms with van der Waals surface area (Å²) in [5.74, 6) is -0.261. The first-order chi connectivity index (χ1) is 15.2. The number of hydrogen-bond acceptors (Lipinski definition) is 6. The molecule has 1 saturated carbocycles. The molecule has 1 fully saturated rings. The number of aromatic nitrogens is 4. The second-order valence-corrected chi connectivity index (χ2v) is 9.46. The molecule has 0 radical (unpaired) electrons. The number of anilines is 1. The zero-order chi connectivity index (χ0) is 22.6. The number of rotatable bonds is 3. The fraction of sp³-hybridized carbons (Fsp3) is 0.429. The molecule has 5 rings (SSSR count). The summed E-state index contributed by atoms with van der Waals surface area (Å²) < 4.78 is 42.2. The summed E-state index contributed by atoms with van der Waals surface area (Å²) in [7, 11) is 0. The average Bonchev–Trinajstić information content (AvgIpc) is 3.35. The van der Waals surface area contributed by atoms with E-state index in [2.05, 4.69) is 10.1 Å². The molecule has 1 unspecified atom stereocenters. The number of thioether (sulfide) groups is 1. The third-order valence-corrected chi connectivity index (χ3v) is 7.72. The van der Waals surface area contributed by atoms with Gasteiger partial charge in [0.25, 0.3) is 0 Å². The highest BCUT2D eigenvalue weighted by Gasteiger charge is 2.40. The Morgan fingerprint density at radius 2 is 1.97 bits per heavy atom. The molecule has 0 bridgehead atoms. The van der Waals surface area contributed by atoms with Crippen LogP contribution < -0.4 is 5.73 Å². The summed E-state index contributed by atoms with van der Waals surface area (Å²) in [6.45, 7) is 0. The van der Waals surface area contributed by atoms with Gasteiger partial charge in [0, 0.05) is 10.8 Å². The quantitative estimate of drug-likeness (QED) is 0.590. The van der Waals surface area contributed by atoms with Crippen molar-refractivity contribution in [1.29, 1.82) is 0 Å². The molecule has 7 nitrogen and oxygen atoms in total. The molecule has 1 atom stereocenters. The number of nitrogen functional groups attached to an aromatic ring is 1. The number of aliphatic carboxylic acids is 1. The molecule has 0 saturated heterocycles. The number of halogens is 3. The van der Waals surface area contributed by atoms with Crippen molar-refractivity contribution in [2.45, 2.75) is 54.3 Å². The van der Waals surface area contributed by atoms with Crippen LogP contribution in [0.1, 0.15) is 59.5 Å². The molecular weight excluding hydrogens is 443 g/mol. The van der Waals surface area contributed by atoms with Crippen molar-refractivity contribution in [2.24, 2.45) is 5.92 Å². The second kappa shape index (κ2) is 7.65. The molecule has 0 amide bonds. The number of carboxylic acid groups (broad SMARTS) is 1. The predicted molar refractivity (Wildman–Crippen MR) is 111 cm³/mol. The summed E-state index contributed by atoms with van der Waals surface area (Å²) in [5, 5.41) is 13.3. The van der Waals surface area contributed by atoms with Gasteiger partial charge in [-0.25, -0.2) is 14.5 Å². The molecule has 32 heavy (non-hydrogen) atoms. The van der Waals surface area contributed by atoms with E-state index in [0.717, 1.165) is 17.8 Å². The van der Waals surface area contributed by atoms with Crippen LogP contribution in [0.2, 0.25) is 0 Å². The first-order valence-corrected chi connectivity index (χ1v) is 11.2. The largest absolute Gasteiger partial charge is 0.481 e. The fourth-order valence-corrected chi connectivity index (χ4v) is 6.17. The van der Waals surface area contributed by atoms with Crippen LogP contribution in [-0.4, -0.2) is 30.7 Å². The Kier molecular flexibility index (Phi) is 5.03. The van der Waals surface area contributed by atoms with E-state index in [4.69, 9.17) is 10.7 Å². The topological polar surface area (TPSA) is 106 Å². The van der Waals surface area contributed by atoms with E-state index in [0.29, 0.717) is 54.7 Å². The third kappa shape index (κ3) is 3.48. The summed E-state index contributed by atoms with van der Waals surface area (Å²) in [4.78, 5) is 20.4. The predicted octanol–water partition coefficient (Wildman–Crippen LogP) is 4.47. The van der Waals surface area contributed by atoms with E-state index in [-0.39, 0.29) is 27.8 Å². The van der Waals surface area contributed by atoms with Crippen LogP contribution in [-0.2, 0) is 17.4 Å². The standard InChI is InChI=1S/C21H20F3N5O2S/c22-21(23,24)13-3-1-2-12-8-14(32-17(12)13)15-16-18(25)26-9-27-29(16)19(28-15)10-4-6-11(7-5-10)20(30)31/h1-3,9-11,14H,4-8H2,(H,30,31)(H2,25,26,27). The number of carbonyl (C=O) groups is 1. The Labute approximate surface area is 185 Å². The van der Waals surface area contributed by atoms with Gasteiger partial charge in [-0.1, -0.05) is 12.1 Å². The van der Waals surface area contributed by atoms with E-state index in [9.17, 15) is 23.1 Å². The zero-order valence-corrected chi connectivity index (χ0v) is 17.7. The minimum Gasteiger partial charge on any atom is -0.481 e. The Morgan fingerprint density at radius 1 is 1.22 bits per heavy atom. The number of fused-ring (bicyclic) bond motifs is 2. The molecule has 1 aromatic carbocycles. The lowest BCUT2D eigenvalue weighted by atomic mass is 9.82. The number of imidazole rings is 1. The first kappa shape index (κ1) is 21.0. The molecule has 2 aromatic heterocycles. The van der Waals surface area contributed by atoms with Gasteiger partial charge in [0.2, 0.25) is 0 Å². The van der Waals surface area contributed by atoms with Gasteiger partial charge in [-0.05, 0) is 43.7 Å². The number of alkyl halides is 3. The second-order valence-electron chi connectivity index (χ2n) is 8.25. The lowest BCUT2D eigenvalue weighted by Gasteiger charge is -2.24. The van der Waals surface area contributed by atoms with Crippen LogP contribution in [0, 0.1) is 5.92 Å². The number of carboxylic acids is 1. The minimum absolute atomic E-state index is 0.000615. The maximum absolute atomic E-state index is 13.5. The van der Waals surface area contributed by atoms with Crippen molar-refractivity contribution in [2.75, 3.05) is 5.73 Å². The minimum atomic E-state index is -4.43.